The summed E-state index contributed by atoms with van der Waals surface area (Å²) in [4.78, 5) is 0. The van der Waals surface area contributed by atoms with Crippen molar-refractivity contribution in [2.45, 2.75) is 32.3 Å². The minimum absolute atomic E-state index is 0.310. The number of hydrogen-bond donors (Lipinski definition) is 1. The van der Waals surface area contributed by atoms with Crippen molar-refractivity contribution >= 4 is 0 Å². The molecular weight excluding hydrogens is 152 g/mol. The molecule has 0 bridgehead atoms. The van der Waals surface area contributed by atoms with Gasteiger partial charge in [-0.25, -0.2) is 0 Å². The lowest BCUT2D eigenvalue weighted by Crippen LogP contribution is -2.17. The molecule has 72 valence electrons. The molecule has 0 heterocycles. The van der Waals surface area contributed by atoms with Crippen molar-refractivity contribution in [3.05, 3.63) is 12.7 Å². The number of allylic oxidation sites excluding steroid dienone is 1. The molecule has 0 aromatic rings. The summed E-state index contributed by atoms with van der Waals surface area (Å²) in [5.41, 5.74) is 0. The molecule has 0 rings (SSSR count). The predicted octanol–water partition coefficient (Wildman–Crippen LogP) is 1.99. The smallest absolute Gasteiger partial charge is 0.0776 e. The molecule has 1 N–H and O–H groups in total. The quantitative estimate of drug-likeness (QED) is 0.595. The van der Waals surface area contributed by atoms with Gasteiger partial charge in [0, 0.05) is 7.11 Å². The first-order valence-electron chi connectivity index (χ1n) is 4.48. The molecule has 2 heteroatoms. The molecule has 0 aliphatic carbocycles. The SMILES string of the molecule is C=CCCC(C)C[C@@H](O)COC. The number of aliphatic hydroxyl groups excluding tert-OH is 1. The van der Waals surface area contributed by atoms with Gasteiger partial charge in [-0.15, -0.1) is 6.58 Å². The average Bonchev–Trinajstić information content (AvgIpc) is 2.01. The van der Waals surface area contributed by atoms with Gasteiger partial charge in [0.15, 0.2) is 0 Å². The van der Waals surface area contributed by atoms with Crippen molar-refractivity contribution < 1.29 is 9.84 Å². The van der Waals surface area contributed by atoms with Crippen LogP contribution < -0.4 is 0 Å². The molecule has 2 nitrogen and oxygen atoms in total. The van der Waals surface area contributed by atoms with Gasteiger partial charge >= 0.3 is 0 Å². The van der Waals surface area contributed by atoms with E-state index >= 15 is 0 Å². The van der Waals surface area contributed by atoms with Crippen molar-refractivity contribution in [1.29, 1.82) is 0 Å². The zero-order valence-electron chi connectivity index (χ0n) is 8.12. The largest absolute Gasteiger partial charge is 0.391 e. The van der Waals surface area contributed by atoms with E-state index in [9.17, 15) is 5.11 Å². The third-order valence-electron chi connectivity index (χ3n) is 1.90. The van der Waals surface area contributed by atoms with Crippen LogP contribution >= 0.6 is 0 Å². The number of rotatable bonds is 7. The Balaban J connectivity index is 3.39. The standard InChI is InChI=1S/C10H20O2/c1-4-5-6-9(2)7-10(11)8-12-3/h4,9-11H,1,5-8H2,2-3H3/t9?,10-/m1/s1. The molecule has 0 spiro atoms. The Morgan fingerprint density at radius 2 is 2.25 bits per heavy atom. The minimum atomic E-state index is -0.310. The summed E-state index contributed by atoms with van der Waals surface area (Å²) in [5, 5.41) is 9.37. The molecule has 0 aliphatic heterocycles. The van der Waals surface area contributed by atoms with Gasteiger partial charge in [0.1, 0.15) is 0 Å². The van der Waals surface area contributed by atoms with Gasteiger partial charge in [0.2, 0.25) is 0 Å². The van der Waals surface area contributed by atoms with Crippen molar-refractivity contribution in [3.8, 4) is 0 Å². The van der Waals surface area contributed by atoms with Crippen LogP contribution in [-0.4, -0.2) is 24.9 Å². The van der Waals surface area contributed by atoms with E-state index < -0.39 is 0 Å². The van der Waals surface area contributed by atoms with E-state index in [-0.39, 0.29) is 6.10 Å². The van der Waals surface area contributed by atoms with Crippen LogP contribution in [0.3, 0.4) is 0 Å². The van der Waals surface area contributed by atoms with Gasteiger partial charge in [-0.1, -0.05) is 13.0 Å². The first-order valence-corrected chi connectivity index (χ1v) is 4.48. The van der Waals surface area contributed by atoms with E-state index in [0.717, 1.165) is 19.3 Å². The third kappa shape index (κ3) is 6.38. The maximum absolute atomic E-state index is 9.37. The molecule has 2 atom stereocenters. The normalized spacial score (nSPS) is 15.6. The number of aliphatic hydroxyl groups is 1. The first-order chi connectivity index (χ1) is 5.70. The van der Waals surface area contributed by atoms with Crippen LogP contribution in [0.4, 0.5) is 0 Å². The van der Waals surface area contributed by atoms with Crippen molar-refractivity contribution in [2.75, 3.05) is 13.7 Å². The summed E-state index contributed by atoms with van der Waals surface area (Å²) in [6, 6.07) is 0. The molecule has 0 amide bonds. The monoisotopic (exact) mass is 172 g/mol. The van der Waals surface area contributed by atoms with Crippen molar-refractivity contribution in [2.24, 2.45) is 5.92 Å². The van der Waals surface area contributed by atoms with E-state index in [1.165, 1.54) is 0 Å². The lowest BCUT2D eigenvalue weighted by Gasteiger charge is -2.14. The summed E-state index contributed by atoms with van der Waals surface area (Å²) >= 11 is 0. The first kappa shape index (κ1) is 11.7. The Hall–Kier alpha value is -0.340. The number of methoxy groups -OCH3 is 1. The molecule has 12 heavy (non-hydrogen) atoms. The summed E-state index contributed by atoms with van der Waals surface area (Å²) in [5.74, 6) is 0.549. The second kappa shape index (κ2) is 7.32. The fraction of sp³-hybridized carbons (Fsp3) is 0.800. The summed E-state index contributed by atoms with van der Waals surface area (Å²) in [7, 11) is 1.61. The number of hydrogen-bond acceptors (Lipinski definition) is 2. The van der Waals surface area contributed by atoms with Gasteiger partial charge in [-0.2, -0.15) is 0 Å². The highest BCUT2D eigenvalue weighted by Gasteiger charge is 2.08. The zero-order valence-corrected chi connectivity index (χ0v) is 8.12. The van der Waals surface area contributed by atoms with E-state index in [1.54, 1.807) is 7.11 Å². The van der Waals surface area contributed by atoms with Gasteiger partial charge < -0.3 is 9.84 Å². The highest BCUT2D eigenvalue weighted by Crippen LogP contribution is 2.12. The maximum atomic E-state index is 9.37. The Labute approximate surface area is 75.2 Å². The third-order valence-corrected chi connectivity index (χ3v) is 1.90. The van der Waals surface area contributed by atoms with Crippen LogP contribution in [0.2, 0.25) is 0 Å². The van der Waals surface area contributed by atoms with Crippen LogP contribution in [-0.2, 0) is 4.74 Å². The average molecular weight is 172 g/mol. The van der Waals surface area contributed by atoms with E-state index in [1.807, 2.05) is 6.08 Å². The van der Waals surface area contributed by atoms with Gasteiger partial charge in [-0.05, 0) is 25.2 Å². The predicted molar refractivity (Wildman–Crippen MR) is 51.1 cm³/mol. The fourth-order valence-corrected chi connectivity index (χ4v) is 1.25. The minimum Gasteiger partial charge on any atom is -0.391 e. The van der Waals surface area contributed by atoms with Gasteiger partial charge in [-0.3, -0.25) is 0 Å². The Kier molecular flexibility index (Phi) is 7.11. The molecule has 0 aromatic carbocycles. The Bertz CT molecular complexity index is 112. The molecule has 0 fully saturated rings. The van der Waals surface area contributed by atoms with Gasteiger partial charge in [0.05, 0.1) is 12.7 Å². The van der Waals surface area contributed by atoms with Crippen molar-refractivity contribution in [3.63, 3.8) is 0 Å². The molecular formula is C10H20O2. The van der Waals surface area contributed by atoms with E-state index in [2.05, 4.69) is 13.5 Å². The summed E-state index contributed by atoms with van der Waals surface area (Å²) < 4.78 is 4.84. The number of ether oxygens (including phenoxy) is 1. The highest BCUT2D eigenvalue weighted by molar-refractivity contribution is 4.69. The lowest BCUT2D eigenvalue weighted by atomic mass is 9.99. The highest BCUT2D eigenvalue weighted by atomic mass is 16.5. The molecule has 0 saturated heterocycles. The van der Waals surface area contributed by atoms with Crippen molar-refractivity contribution in [1.82, 2.24) is 0 Å². The topological polar surface area (TPSA) is 29.5 Å². The lowest BCUT2D eigenvalue weighted by molar-refractivity contribution is 0.0492. The summed E-state index contributed by atoms with van der Waals surface area (Å²) in [6.07, 6.45) is 4.56. The van der Waals surface area contributed by atoms with Crippen LogP contribution in [0.15, 0.2) is 12.7 Å². The van der Waals surface area contributed by atoms with Crippen LogP contribution in [0.25, 0.3) is 0 Å². The second-order valence-corrected chi connectivity index (χ2v) is 3.32. The Morgan fingerprint density at radius 1 is 1.58 bits per heavy atom. The van der Waals surface area contributed by atoms with Crippen LogP contribution in [0, 0.1) is 5.92 Å². The molecule has 1 unspecified atom stereocenters. The fourth-order valence-electron chi connectivity index (χ4n) is 1.25. The van der Waals surface area contributed by atoms with E-state index in [4.69, 9.17) is 4.74 Å². The van der Waals surface area contributed by atoms with Crippen LogP contribution in [0.1, 0.15) is 26.2 Å². The Morgan fingerprint density at radius 3 is 2.75 bits per heavy atom. The molecule has 0 saturated carbocycles. The molecule has 0 aromatic heterocycles. The van der Waals surface area contributed by atoms with Crippen LogP contribution in [0.5, 0.6) is 0 Å². The molecule has 0 aliphatic rings. The zero-order chi connectivity index (χ0) is 9.40. The molecule has 0 radical (unpaired) electrons. The van der Waals surface area contributed by atoms with E-state index in [0.29, 0.717) is 12.5 Å². The summed E-state index contributed by atoms with van der Waals surface area (Å²) in [6.45, 7) is 6.25. The van der Waals surface area contributed by atoms with Gasteiger partial charge in [0.25, 0.3) is 0 Å². The second-order valence-electron chi connectivity index (χ2n) is 3.32. The maximum Gasteiger partial charge on any atom is 0.0776 e.